The minimum atomic E-state index is -0.519. The van der Waals surface area contributed by atoms with E-state index in [1.54, 1.807) is 22.8 Å². The lowest BCUT2D eigenvalue weighted by atomic mass is 10.0. The van der Waals surface area contributed by atoms with E-state index < -0.39 is 17.8 Å². The molecule has 45 heavy (non-hydrogen) atoms. The summed E-state index contributed by atoms with van der Waals surface area (Å²) >= 11 is 2.70. The van der Waals surface area contributed by atoms with Gasteiger partial charge in [0, 0.05) is 12.0 Å². The highest BCUT2D eigenvalue weighted by molar-refractivity contribution is 7.99. The third-order valence-electron chi connectivity index (χ3n) is 7.07. The van der Waals surface area contributed by atoms with Crippen molar-refractivity contribution in [3.63, 3.8) is 0 Å². The Kier molecular flexibility index (Phi) is 8.98. The van der Waals surface area contributed by atoms with Gasteiger partial charge in [-0.05, 0) is 59.5 Å². The van der Waals surface area contributed by atoms with E-state index >= 15 is 0 Å². The minimum absolute atomic E-state index is 0.0257. The van der Waals surface area contributed by atoms with Gasteiger partial charge in [-0.25, -0.2) is 13.8 Å². The molecule has 0 radical (unpaired) electrons. The average molecular weight is 645 g/mol. The van der Waals surface area contributed by atoms with E-state index in [2.05, 4.69) is 20.6 Å². The molecule has 13 heteroatoms. The molecule has 2 aromatic heterocycles. The normalized spacial score (nSPS) is 14.3. The summed E-state index contributed by atoms with van der Waals surface area (Å²) in [6.07, 6.45) is 0.495. The molecule has 0 saturated carbocycles. The summed E-state index contributed by atoms with van der Waals surface area (Å²) in [5, 5.41) is 19.9. The maximum absolute atomic E-state index is 13.7. The number of benzene rings is 3. The van der Waals surface area contributed by atoms with Gasteiger partial charge in [-0.2, -0.15) is 5.10 Å². The van der Waals surface area contributed by atoms with Crippen LogP contribution in [-0.4, -0.2) is 50.2 Å². The molecule has 0 spiro atoms. The number of para-hydroxylation sites is 2. The number of thiophene rings is 1. The molecule has 0 fully saturated rings. The van der Waals surface area contributed by atoms with E-state index in [1.165, 1.54) is 53.8 Å². The predicted molar refractivity (Wildman–Crippen MR) is 168 cm³/mol. The van der Waals surface area contributed by atoms with Gasteiger partial charge in [0.1, 0.15) is 17.4 Å². The van der Waals surface area contributed by atoms with Gasteiger partial charge in [0.05, 0.1) is 41.7 Å². The van der Waals surface area contributed by atoms with E-state index in [-0.39, 0.29) is 29.6 Å². The predicted octanol–water partition coefficient (Wildman–Crippen LogP) is 6.02. The standard InChI is InChI=1S/C32H26F2N6O3S2/c1-43-27-9-3-2-8-25(27)39-29(18-35-31(42)21-6-4-7-23(34)16-21)36-37-32(39)45-19-30(41)40-26(20-11-13-22(33)14-12-20)17-24(38-40)28-10-5-15-44-28/h2-16,26H,17-19H2,1H3,(H,35,42)/t26-/m0/s1. The van der Waals surface area contributed by atoms with Crippen molar-refractivity contribution in [1.82, 2.24) is 25.1 Å². The molecule has 1 aliphatic heterocycles. The van der Waals surface area contributed by atoms with Crippen LogP contribution in [0.1, 0.15) is 39.1 Å². The molecule has 0 saturated heterocycles. The number of carbonyl (C=O) groups excluding carboxylic acids is 2. The summed E-state index contributed by atoms with van der Waals surface area (Å²) in [5.74, 6) is -0.739. The molecule has 0 bridgehead atoms. The summed E-state index contributed by atoms with van der Waals surface area (Å²) in [4.78, 5) is 27.4. The molecule has 5 aromatic rings. The number of rotatable bonds is 10. The number of methoxy groups -OCH3 is 1. The SMILES string of the molecule is COc1ccccc1-n1c(CNC(=O)c2cccc(F)c2)nnc1SCC(=O)N1N=C(c2cccs2)C[C@H]1c1ccc(F)cc1. The van der Waals surface area contributed by atoms with Gasteiger partial charge in [-0.1, -0.05) is 48.2 Å². The van der Waals surface area contributed by atoms with Crippen molar-refractivity contribution < 1.29 is 23.1 Å². The topological polar surface area (TPSA) is 102 Å². The highest BCUT2D eigenvalue weighted by atomic mass is 32.2. The number of hydrogen-bond donors (Lipinski definition) is 1. The Bertz CT molecular complexity index is 1860. The van der Waals surface area contributed by atoms with Crippen molar-refractivity contribution in [1.29, 1.82) is 0 Å². The largest absolute Gasteiger partial charge is 0.495 e. The van der Waals surface area contributed by atoms with E-state index in [4.69, 9.17) is 4.74 Å². The van der Waals surface area contributed by atoms with E-state index in [9.17, 15) is 18.4 Å². The molecule has 1 N–H and O–H groups in total. The number of carbonyl (C=O) groups is 2. The minimum Gasteiger partial charge on any atom is -0.495 e. The van der Waals surface area contributed by atoms with Crippen LogP contribution >= 0.6 is 23.1 Å². The van der Waals surface area contributed by atoms with Gasteiger partial charge < -0.3 is 10.1 Å². The quantitative estimate of drug-likeness (QED) is 0.187. The van der Waals surface area contributed by atoms with E-state index in [0.29, 0.717) is 28.8 Å². The Morgan fingerprint density at radius 3 is 2.58 bits per heavy atom. The number of thioether (sulfide) groups is 1. The van der Waals surface area contributed by atoms with Crippen LogP contribution in [0.5, 0.6) is 5.75 Å². The summed E-state index contributed by atoms with van der Waals surface area (Å²) in [6, 6.07) is 22.2. The third kappa shape index (κ3) is 6.64. The fourth-order valence-electron chi connectivity index (χ4n) is 4.92. The molecule has 3 heterocycles. The molecule has 228 valence electrons. The van der Waals surface area contributed by atoms with Gasteiger partial charge in [-0.3, -0.25) is 14.2 Å². The fourth-order valence-corrected chi connectivity index (χ4v) is 6.46. The van der Waals surface area contributed by atoms with Crippen LogP contribution < -0.4 is 10.1 Å². The number of nitrogens with zero attached hydrogens (tertiary/aromatic N) is 5. The van der Waals surface area contributed by atoms with E-state index in [1.807, 2.05) is 35.7 Å². The fraction of sp³-hybridized carbons (Fsp3) is 0.156. The highest BCUT2D eigenvalue weighted by Gasteiger charge is 2.34. The molecule has 0 aliphatic carbocycles. The molecule has 1 aliphatic rings. The van der Waals surface area contributed by atoms with Crippen LogP contribution in [0.25, 0.3) is 5.69 Å². The Labute approximate surface area is 265 Å². The summed E-state index contributed by atoms with van der Waals surface area (Å²) in [5.41, 5.74) is 2.34. The third-order valence-corrected chi connectivity index (χ3v) is 8.90. The molecule has 9 nitrogen and oxygen atoms in total. The number of aromatic nitrogens is 3. The van der Waals surface area contributed by atoms with Crippen molar-refractivity contribution in [2.75, 3.05) is 12.9 Å². The van der Waals surface area contributed by atoms with Gasteiger partial charge >= 0.3 is 0 Å². The van der Waals surface area contributed by atoms with Crippen LogP contribution in [-0.2, 0) is 11.3 Å². The zero-order valence-electron chi connectivity index (χ0n) is 23.9. The lowest BCUT2D eigenvalue weighted by Crippen LogP contribution is -2.28. The second-order valence-corrected chi connectivity index (χ2v) is 11.8. The zero-order chi connectivity index (χ0) is 31.3. The van der Waals surface area contributed by atoms with Crippen LogP contribution in [0.4, 0.5) is 8.78 Å². The van der Waals surface area contributed by atoms with Crippen LogP contribution in [0.3, 0.4) is 0 Å². The Morgan fingerprint density at radius 1 is 1.00 bits per heavy atom. The van der Waals surface area contributed by atoms with E-state index in [0.717, 1.165) is 34.0 Å². The number of amides is 2. The number of hydrogen-bond acceptors (Lipinski definition) is 8. The second kappa shape index (κ2) is 13.4. The molecule has 2 amide bonds. The molecule has 0 unspecified atom stereocenters. The van der Waals surface area contributed by atoms with Crippen LogP contribution in [0.15, 0.2) is 101 Å². The molecular weight excluding hydrogens is 619 g/mol. The first-order chi connectivity index (χ1) is 21.9. The number of ether oxygens (including phenoxy) is 1. The first-order valence-electron chi connectivity index (χ1n) is 13.8. The summed E-state index contributed by atoms with van der Waals surface area (Å²) in [6.45, 7) is -0.0257. The lowest BCUT2D eigenvalue weighted by molar-refractivity contribution is -0.130. The molecule has 3 aromatic carbocycles. The Morgan fingerprint density at radius 2 is 1.82 bits per heavy atom. The monoisotopic (exact) mass is 644 g/mol. The first-order valence-corrected chi connectivity index (χ1v) is 15.7. The zero-order valence-corrected chi connectivity index (χ0v) is 25.5. The van der Waals surface area contributed by atoms with Crippen molar-refractivity contribution in [3.05, 3.63) is 124 Å². The summed E-state index contributed by atoms with van der Waals surface area (Å²) < 4.78 is 34.7. The van der Waals surface area contributed by atoms with Crippen molar-refractivity contribution >= 4 is 40.6 Å². The van der Waals surface area contributed by atoms with Gasteiger partial charge in [0.25, 0.3) is 11.8 Å². The number of hydrazone groups is 1. The van der Waals surface area contributed by atoms with Crippen molar-refractivity contribution in [2.45, 2.75) is 24.2 Å². The smallest absolute Gasteiger partial charge is 0.253 e. The van der Waals surface area contributed by atoms with Gasteiger partial charge in [-0.15, -0.1) is 21.5 Å². The van der Waals surface area contributed by atoms with Gasteiger partial charge in [0.15, 0.2) is 11.0 Å². The van der Waals surface area contributed by atoms with Crippen LogP contribution in [0, 0.1) is 11.6 Å². The second-order valence-electron chi connectivity index (χ2n) is 9.92. The number of nitrogens with one attached hydrogen (secondary N) is 1. The highest BCUT2D eigenvalue weighted by Crippen LogP contribution is 2.35. The molecular formula is C32H26F2N6O3S2. The lowest BCUT2D eigenvalue weighted by Gasteiger charge is -2.22. The van der Waals surface area contributed by atoms with Crippen molar-refractivity contribution in [3.8, 4) is 11.4 Å². The average Bonchev–Trinajstić information content (AvgIpc) is 3.83. The Hall–Kier alpha value is -4.88. The summed E-state index contributed by atoms with van der Waals surface area (Å²) in [7, 11) is 1.54. The van der Waals surface area contributed by atoms with Gasteiger partial charge in [0.2, 0.25) is 0 Å². The Balaban J connectivity index is 1.26. The number of halogens is 2. The maximum Gasteiger partial charge on any atom is 0.253 e. The first kappa shape index (κ1) is 30.2. The van der Waals surface area contributed by atoms with Crippen LogP contribution in [0.2, 0.25) is 0 Å². The van der Waals surface area contributed by atoms with Crippen molar-refractivity contribution in [2.24, 2.45) is 5.10 Å². The molecule has 6 rings (SSSR count). The maximum atomic E-state index is 13.7. The molecule has 1 atom stereocenters.